The average molecular weight is 379 g/mol. The number of aryl methyl sites for hydroxylation is 1. The van der Waals surface area contributed by atoms with E-state index in [4.69, 9.17) is 5.73 Å². The molecule has 2 heterocycles. The fourth-order valence-electron chi connectivity index (χ4n) is 2.96. The van der Waals surface area contributed by atoms with E-state index in [9.17, 15) is 14.7 Å². The number of aliphatic hydroxyl groups is 1. The Bertz CT molecular complexity index is 956. The van der Waals surface area contributed by atoms with Gasteiger partial charge in [0.05, 0.1) is 29.2 Å². The minimum atomic E-state index is -1.53. The van der Waals surface area contributed by atoms with Crippen molar-refractivity contribution in [3.8, 4) is 11.4 Å². The van der Waals surface area contributed by atoms with E-state index in [0.29, 0.717) is 11.4 Å². The highest BCUT2D eigenvalue weighted by Crippen LogP contribution is 2.21. The quantitative estimate of drug-likeness (QED) is 0.557. The standard InChI is InChI=1S/C20H21N5O3/c1-25-17(15-9-5-6-10-22-15)14(12-23-25)20(28)24-16(18(26)19(21)27)11-13-7-3-2-4-8-13/h2-10,12,16,18,26H,11H2,1H3,(H2,21,27)(H,24,28). The molecule has 0 saturated heterocycles. The second-order valence-corrected chi connectivity index (χ2v) is 6.36. The molecule has 0 spiro atoms. The van der Waals surface area contributed by atoms with E-state index >= 15 is 0 Å². The van der Waals surface area contributed by atoms with E-state index in [-0.39, 0.29) is 12.0 Å². The summed E-state index contributed by atoms with van der Waals surface area (Å²) in [6.45, 7) is 0. The van der Waals surface area contributed by atoms with Crippen LogP contribution in [0.4, 0.5) is 0 Å². The molecule has 3 rings (SSSR count). The number of amides is 2. The van der Waals surface area contributed by atoms with Crippen LogP contribution < -0.4 is 11.1 Å². The predicted octanol–water partition coefficient (Wildman–Crippen LogP) is 0.669. The number of nitrogens with one attached hydrogen (secondary N) is 1. The third kappa shape index (κ3) is 4.24. The van der Waals surface area contributed by atoms with Crippen molar-refractivity contribution in [3.05, 3.63) is 72.1 Å². The maximum atomic E-state index is 12.9. The summed E-state index contributed by atoms with van der Waals surface area (Å²) in [5.74, 6) is -1.38. The predicted molar refractivity (Wildman–Crippen MR) is 103 cm³/mol. The van der Waals surface area contributed by atoms with Crippen LogP contribution in [-0.2, 0) is 18.3 Å². The van der Waals surface area contributed by atoms with Gasteiger partial charge in [-0.05, 0) is 24.1 Å². The summed E-state index contributed by atoms with van der Waals surface area (Å²) in [6, 6.07) is 13.7. The van der Waals surface area contributed by atoms with Crippen LogP contribution in [0.5, 0.6) is 0 Å². The van der Waals surface area contributed by atoms with Gasteiger partial charge in [0.15, 0.2) is 6.10 Å². The molecule has 0 fully saturated rings. The summed E-state index contributed by atoms with van der Waals surface area (Å²) in [5.41, 5.74) is 7.52. The van der Waals surface area contributed by atoms with Crippen molar-refractivity contribution in [1.29, 1.82) is 0 Å². The van der Waals surface area contributed by atoms with Crippen molar-refractivity contribution < 1.29 is 14.7 Å². The highest BCUT2D eigenvalue weighted by Gasteiger charge is 2.28. The number of hydrogen-bond acceptors (Lipinski definition) is 5. The van der Waals surface area contributed by atoms with E-state index in [0.717, 1.165) is 5.56 Å². The van der Waals surface area contributed by atoms with E-state index in [1.807, 2.05) is 36.4 Å². The lowest BCUT2D eigenvalue weighted by molar-refractivity contribution is -0.127. The molecule has 2 atom stereocenters. The monoisotopic (exact) mass is 379 g/mol. The number of aliphatic hydroxyl groups excluding tert-OH is 1. The van der Waals surface area contributed by atoms with Gasteiger partial charge in [0.2, 0.25) is 5.91 Å². The lowest BCUT2D eigenvalue weighted by Crippen LogP contribution is -2.50. The normalized spacial score (nSPS) is 12.9. The third-order valence-electron chi connectivity index (χ3n) is 4.38. The topological polar surface area (TPSA) is 123 Å². The second kappa shape index (κ2) is 8.45. The molecule has 4 N–H and O–H groups in total. The number of benzene rings is 1. The zero-order valence-electron chi connectivity index (χ0n) is 15.3. The largest absolute Gasteiger partial charge is 0.381 e. The molecule has 0 aliphatic heterocycles. The van der Waals surface area contributed by atoms with Gasteiger partial charge in [-0.25, -0.2) is 0 Å². The molecule has 2 unspecified atom stereocenters. The van der Waals surface area contributed by atoms with Gasteiger partial charge in [-0.3, -0.25) is 19.3 Å². The van der Waals surface area contributed by atoms with Crippen molar-refractivity contribution in [2.45, 2.75) is 18.6 Å². The molecule has 8 heteroatoms. The Kier molecular flexibility index (Phi) is 5.81. The number of aromatic nitrogens is 3. The molecule has 2 amide bonds. The van der Waals surface area contributed by atoms with E-state index in [2.05, 4.69) is 15.4 Å². The number of carbonyl (C=O) groups is 2. The number of carbonyl (C=O) groups excluding carboxylic acids is 2. The van der Waals surface area contributed by atoms with Crippen LogP contribution in [0.2, 0.25) is 0 Å². The Hall–Kier alpha value is -3.52. The molecule has 0 bridgehead atoms. The Morgan fingerprint density at radius 3 is 2.54 bits per heavy atom. The van der Waals surface area contributed by atoms with Gasteiger partial charge >= 0.3 is 0 Å². The van der Waals surface area contributed by atoms with Crippen molar-refractivity contribution >= 4 is 11.8 Å². The highest BCUT2D eigenvalue weighted by atomic mass is 16.3. The zero-order chi connectivity index (χ0) is 20.1. The number of primary amides is 1. The number of pyridine rings is 1. The Morgan fingerprint density at radius 1 is 1.18 bits per heavy atom. The molecular weight excluding hydrogens is 358 g/mol. The van der Waals surface area contributed by atoms with Gasteiger partial charge < -0.3 is 16.2 Å². The summed E-state index contributed by atoms with van der Waals surface area (Å²) >= 11 is 0. The van der Waals surface area contributed by atoms with Crippen molar-refractivity contribution in [2.24, 2.45) is 12.8 Å². The first-order chi connectivity index (χ1) is 13.5. The Labute approximate surface area is 162 Å². The summed E-state index contributed by atoms with van der Waals surface area (Å²) < 4.78 is 1.55. The van der Waals surface area contributed by atoms with E-state index in [1.165, 1.54) is 6.20 Å². The van der Waals surface area contributed by atoms with Crippen LogP contribution in [0.25, 0.3) is 11.4 Å². The summed E-state index contributed by atoms with van der Waals surface area (Å²) in [6.07, 6.45) is 1.77. The highest BCUT2D eigenvalue weighted by molar-refractivity contribution is 6.00. The Balaban J connectivity index is 1.88. The molecular formula is C20H21N5O3. The van der Waals surface area contributed by atoms with Crippen LogP contribution in [0, 0.1) is 0 Å². The van der Waals surface area contributed by atoms with Gasteiger partial charge in [0.25, 0.3) is 5.91 Å². The van der Waals surface area contributed by atoms with Crippen LogP contribution in [-0.4, -0.2) is 43.8 Å². The maximum Gasteiger partial charge on any atom is 0.255 e. The minimum Gasteiger partial charge on any atom is -0.381 e. The van der Waals surface area contributed by atoms with Crippen molar-refractivity contribution in [2.75, 3.05) is 0 Å². The van der Waals surface area contributed by atoms with Gasteiger partial charge in [0, 0.05) is 13.2 Å². The van der Waals surface area contributed by atoms with Gasteiger partial charge in [-0.15, -0.1) is 0 Å². The number of nitrogens with two attached hydrogens (primary N) is 1. The first kappa shape index (κ1) is 19.2. The third-order valence-corrected chi connectivity index (χ3v) is 4.38. The minimum absolute atomic E-state index is 0.246. The summed E-state index contributed by atoms with van der Waals surface area (Å²) in [7, 11) is 1.71. The van der Waals surface area contributed by atoms with Crippen molar-refractivity contribution in [3.63, 3.8) is 0 Å². The van der Waals surface area contributed by atoms with Crippen LogP contribution in [0.1, 0.15) is 15.9 Å². The maximum absolute atomic E-state index is 12.9. The lowest BCUT2D eigenvalue weighted by atomic mass is 10.00. The molecule has 2 aromatic heterocycles. The van der Waals surface area contributed by atoms with Crippen molar-refractivity contribution in [1.82, 2.24) is 20.1 Å². The SMILES string of the molecule is Cn1ncc(C(=O)NC(Cc2ccccc2)C(O)C(N)=O)c1-c1ccccn1. The average Bonchev–Trinajstić information content (AvgIpc) is 3.09. The smallest absolute Gasteiger partial charge is 0.255 e. The zero-order valence-corrected chi connectivity index (χ0v) is 15.3. The fourth-order valence-corrected chi connectivity index (χ4v) is 2.96. The molecule has 1 aromatic carbocycles. The van der Waals surface area contributed by atoms with Gasteiger partial charge in [0.1, 0.15) is 0 Å². The van der Waals surface area contributed by atoms with E-state index in [1.54, 1.807) is 30.1 Å². The number of nitrogens with zero attached hydrogens (tertiary/aromatic N) is 3. The van der Waals surface area contributed by atoms with E-state index < -0.39 is 24.0 Å². The molecule has 0 radical (unpaired) electrons. The van der Waals surface area contributed by atoms with Gasteiger partial charge in [-0.2, -0.15) is 5.10 Å². The van der Waals surface area contributed by atoms with Gasteiger partial charge in [-0.1, -0.05) is 36.4 Å². The molecule has 3 aromatic rings. The number of hydrogen-bond donors (Lipinski definition) is 3. The molecule has 0 aliphatic rings. The molecule has 144 valence electrons. The molecule has 28 heavy (non-hydrogen) atoms. The second-order valence-electron chi connectivity index (χ2n) is 6.36. The summed E-state index contributed by atoms with van der Waals surface area (Å²) in [4.78, 5) is 28.7. The molecule has 0 saturated carbocycles. The summed E-state index contributed by atoms with van der Waals surface area (Å²) in [5, 5.41) is 17.1. The molecule has 0 aliphatic carbocycles. The first-order valence-electron chi connectivity index (χ1n) is 8.73. The first-order valence-corrected chi connectivity index (χ1v) is 8.73. The van der Waals surface area contributed by atoms with Crippen LogP contribution >= 0.6 is 0 Å². The van der Waals surface area contributed by atoms with Crippen LogP contribution in [0.3, 0.4) is 0 Å². The number of rotatable bonds is 7. The molecule has 8 nitrogen and oxygen atoms in total. The fraction of sp³-hybridized carbons (Fsp3) is 0.200. The lowest BCUT2D eigenvalue weighted by Gasteiger charge is -2.22. The Morgan fingerprint density at radius 2 is 1.89 bits per heavy atom. The van der Waals surface area contributed by atoms with Crippen LogP contribution in [0.15, 0.2) is 60.9 Å².